The molecule has 6 heteroatoms. The second-order valence-corrected chi connectivity index (χ2v) is 6.70. The highest BCUT2D eigenvalue weighted by molar-refractivity contribution is 6.32. The molecule has 0 aliphatic carbocycles. The Morgan fingerprint density at radius 1 is 1.33 bits per heavy atom. The summed E-state index contributed by atoms with van der Waals surface area (Å²) in [5.74, 6) is -0.0659. The maximum atomic E-state index is 11.9. The third kappa shape index (κ3) is 4.30. The third-order valence-electron chi connectivity index (χ3n) is 4.31. The number of halogens is 1. The molecule has 3 rings (SSSR count). The van der Waals surface area contributed by atoms with Crippen LogP contribution in [0.5, 0.6) is 0 Å². The van der Waals surface area contributed by atoms with Gasteiger partial charge in [0.2, 0.25) is 0 Å². The maximum absolute atomic E-state index is 11.9. The van der Waals surface area contributed by atoms with E-state index in [1.165, 1.54) is 24.2 Å². The molecule has 0 saturated carbocycles. The number of hydrogen-bond acceptors (Lipinski definition) is 3. The Bertz CT molecular complexity index is 769. The molecule has 0 unspecified atom stereocenters. The number of aryl methyl sites for hydroxylation is 1. The van der Waals surface area contributed by atoms with Crippen LogP contribution in [0.15, 0.2) is 29.4 Å². The number of rotatable bonds is 4. The third-order valence-corrected chi connectivity index (χ3v) is 4.62. The molecule has 1 fully saturated rings. The van der Waals surface area contributed by atoms with E-state index in [1.54, 1.807) is 6.21 Å². The van der Waals surface area contributed by atoms with Gasteiger partial charge in [0.1, 0.15) is 5.15 Å². The minimum atomic E-state index is -0.0659. The lowest BCUT2D eigenvalue weighted by atomic mass is 10.1. The van der Waals surface area contributed by atoms with Crippen molar-refractivity contribution in [1.29, 1.82) is 0 Å². The predicted molar refractivity (Wildman–Crippen MR) is 96.6 cm³/mol. The average molecular weight is 346 g/mol. The van der Waals surface area contributed by atoms with Gasteiger partial charge in [0.15, 0.2) is 6.54 Å². The van der Waals surface area contributed by atoms with Crippen molar-refractivity contribution in [3.8, 4) is 0 Å². The van der Waals surface area contributed by atoms with Crippen molar-refractivity contribution in [2.45, 2.75) is 26.2 Å². The number of piperidine rings is 1. The number of nitrogens with one attached hydrogen (secondary N) is 2. The quantitative estimate of drug-likeness (QED) is 0.503. The van der Waals surface area contributed by atoms with Crippen molar-refractivity contribution in [3.05, 3.63) is 40.5 Å². The van der Waals surface area contributed by atoms with Crippen LogP contribution < -0.4 is 10.3 Å². The largest absolute Gasteiger partial charge is 0.327 e. The van der Waals surface area contributed by atoms with Crippen LogP contribution in [-0.2, 0) is 4.79 Å². The maximum Gasteiger partial charge on any atom is 0.295 e. The molecule has 0 radical (unpaired) electrons. The van der Waals surface area contributed by atoms with Crippen molar-refractivity contribution < 1.29 is 9.69 Å². The molecule has 0 spiro atoms. The summed E-state index contributed by atoms with van der Waals surface area (Å²) in [7, 11) is 0. The van der Waals surface area contributed by atoms with Gasteiger partial charge < -0.3 is 4.90 Å². The molecule has 126 valence electrons. The first kappa shape index (κ1) is 16.9. The zero-order valence-electron chi connectivity index (χ0n) is 13.8. The Balaban J connectivity index is 1.64. The van der Waals surface area contributed by atoms with Crippen molar-refractivity contribution in [1.82, 2.24) is 10.4 Å². The van der Waals surface area contributed by atoms with E-state index in [1.807, 2.05) is 31.2 Å². The monoisotopic (exact) mass is 345 g/mol. The zero-order valence-corrected chi connectivity index (χ0v) is 14.6. The molecule has 1 aliphatic rings. The summed E-state index contributed by atoms with van der Waals surface area (Å²) >= 11 is 6.19. The Morgan fingerprint density at radius 3 is 2.92 bits per heavy atom. The summed E-state index contributed by atoms with van der Waals surface area (Å²) in [6, 6.07) is 7.93. The van der Waals surface area contributed by atoms with E-state index in [4.69, 9.17) is 11.6 Å². The van der Waals surface area contributed by atoms with E-state index in [2.05, 4.69) is 15.5 Å². The molecule has 1 amide bonds. The highest BCUT2D eigenvalue weighted by Crippen LogP contribution is 2.20. The van der Waals surface area contributed by atoms with Crippen LogP contribution in [0.25, 0.3) is 10.9 Å². The number of fused-ring (bicyclic) bond motifs is 1. The molecule has 5 nitrogen and oxygen atoms in total. The van der Waals surface area contributed by atoms with E-state index in [-0.39, 0.29) is 5.91 Å². The summed E-state index contributed by atoms with van der Waals surface area (Å²) in [5, 5.41) is 5.42. The van der Waals surface area contributed by atoms with Crippen LogP contribution in [0, 0.1) is 6.92 Å². The Kier molecular flexibility index (Phi) is 5.43. The number of hydrazone groups is 1. The lowest BCUT2D eigenvalue weighted by Gasteiger charge is -2.22. The molecule has 1 aliphatic heterocycles. The highest BCUT2D eigenvalue weighted by atomic mass is 35.5. The first-order valence-electron chi connectivity index (χ1n) is 8.34. The number of carbonyl (C=O) groups is 1. The van der Waals surface area contributed by atoms with E-state index in [0.717, 1.165) is 29.6 Å². The molecule has 2 aromatic rings. The Hall–Kier alpha value is -1.98. The molecular weight excluding hydrogens is 324 g/mol. The van der Waals surface area contributed by atoms with Gasteiger partial charge in [-0.05, 0) is 44.4 Å². The molecule has 2 N–H and O–H groups in total. The Morgan fingerprint density at radius 2 is 2.12 bits per heavy atom. The Labute approximate surface area is 146 Å². The average Bonchev–Trinajstić information content (AvgIpc) is 2.56. The van der Waals surface area contributed by atoms with Crippen LogP contribution in [0.4, 0.5) is 0 Å². The molecule has 1 aromatic carbocycles. The van der Waals surface area contributed by atoms with Crippen molar-refractivity contribution in [3.63, 3.8) is 0 Å². The highest BCUT2D eigenvalue weighted by Gasteiger charge is 2.16. The van der Waals surface area contributed by atoms with E-state index < -0.39 is 0 Å². The van der Waals surface area contributed by atoms with Gasteiger partial charge in [-0.25, -0.2) is 10.4 Å². The second-order valence-electron chi connectivity index (χ2n) is 6.35. The summed E-state index contributed by atoms with van der Waals surface area (Å²) in [6.07, 6.45) is 5.23. The fraction of sp³-hybridized carbons (Fsp3) is 0.389. The summed E-state index contributed by atoms with van der Waals surface area (Å²) in [6.45, 7) is 4.64. The van der Waals surface area contributed by atoms with Crippen LogP contribution in [0.3, 0.4) is 0 Å². The lowest BCUT2D eigenvalue weighted by molar-refractivity contribution is -0.896. The molecule has 0 atom stereocenters. The van der Waals surface area contributed by atoms with Gasteiger partial charge in [0.25, 0.3) is 5.91 Å². The first-order chi connectivity index (χ1) is 11.6. The van der Waals surface area contributed by atoms with E-state index in [9.17, 15) is 4.79 Å². The molecular formula is C18H22ClN4O+. The number of aromatic nitrogens is 1. The van der Waals surface area contributed by atoms with Gasteiger partial charge in [0, 0.05) is 10.9 Å². The number of benzene rings is 1. The lowest BCUT2D eigenvalue weighted by Crippen LogP contribution is -3.13. The fourth-order valence-corrected chi connectivity index (χ4v) is 3.24. The second kappa shape index (κ2) is 7.73. The first-order valence-corrected chi connectivity index (χ1v) is 8.72. The SMILES string of the molecule is Cc1ccc2nc(Cl)c(C=NNC(=O)C[NH+]3CCCCC3)cc2c1. The fourth-order valence-electron chi connectivity index (χ4n) is 3.05. The summed E-state index contributed by atoms with van der Waals surface area (Å²) in [5.41, 5.74) is 5.29. The minimum Gasteiger partial charge on any atom is -0.327 e. The minimum absolute atomic E-state index is 0.0659. The van der Waals surface area contributed by atoms with Gasteiger partial charge in [-0.15, -0.1) is 0 Å². The normalized spacial score (nSPS) is 15.9. The summed E-state index contributed by atoms with van der Waals surface area (Å²) < 4.78 is 0. The van der Waals surface area contributed by atoms with Crippen molar-refractivity contribution >= 4 is 34.6 Å². The molecule has 2 heterocycles. The van der Waals surface area contributed by atoms with Gasteiger partial charge in [0.05, 0.1) is 24.8 Å². The van der Waals surface area contributed by atoms with Crippen LogP contribution in [0.2, 0.25) is 5.15 Å². The van der Waals surface area contributed by atoms with E-state index in [0.29, 0.717) is 17.3 Å². The number of carbonyl (C=O) groups excluding carboxylic acids is 1. The number of quaternary nitrogens is 1. The van der Waals surface area contributed by atoms with Gasteiger partial charge in [-0.2, -0.15) is 5.10 Å². The van der Waals surface area contributed by atoms with Crippen molar-refractivity contribution in [2.24, 2.45) is 5.10 Å². The van der Waals surface area contributed by atoms with Gasteiger partial charge >= 0.3 is 0 Å². The number of hydrogen-bond donors (Lipinski definition) is 2. The molecule has 1 saturated heterocycles. The van der Waals surface area contributed by atoms with Gasteiger partial charge in [-0.3, -0.25) is 4.79 Å². The number of likely N-dealkylation sites (tertiary alicyclic amines) is 1. The molecule has 0 bridgehead atoms. The summed E-state index contributed by atoms with van der Waals surface area (Å²) in [4.78, 5) is 17.6. The molecule has 1 aromatic heterocycles. The zero-order chi connectivity index (χ0) is 16.9. The number of amides is 1. The van der Waals surface area contributed by atoms with Crippen LogP contribution in [-0.4, -0.2) is 36.7 Å². The van der Waals surface area contributed by atoms with Crippen molar-refractivity contribution in [2.75, 3.05) is 19.6 Å². The standard InChI is InChI=1S/C18H21ClN4O/c1-13-5-6-16-14(9-13)10-15(18(19)21-16)11-20-22-17(24)12-23-7-3-2-4-8-23/h5-6,9-11H,2-4,7-8,12H2,1H3,(H,22,24)/p+1. The number of pyridine rings is 1. The van der Waals surface area contributed by atoms with E-state index >= 15 is 0 Å². The van der Waals surface area contributed by atoms with Gasteiger partial charge in [-0.1, -0.05) is 23.2 Å². The topological polar surface area (TPSA) is 58.8 Å². The smallest absolute Gasteiger partial charge is 0.295 e. The predicted octanol–water partition coefficient (Wildman–Crippen LogP) is 1.72. The van der Waals surface area contributed by atoms with Crippen LogP contribution >= 0.6 is 11.6 Å². The number of nitrogens with zero attached hydrogens (tertiary/aromatic N) is 2. The van der Waals surface area contributed by atoms with Crippen LogP contribution in [0.1, 0.15) is 30.4 Å². The molecule has 24 heavy (non-hydrogen) atoms.